The van der Waals surface area contributed by atoms with E-state index in [4.69, 9.17) is 25.9 Å². The van der Waals surface area contributed by atoms with Crippen LogP contribution in [-0.2, 0) is 6.54 Å². The topological polar surface area (TPSA) is 143 Å². The second kappa shape index (κ2) is 8.25. The zero-order valence-electron chi connectivity index (χ0n) is 16.0. The van der Waals surface area contributed by atoms with Gasteiger partial charge in [-0.15, -0.1) is 0 Å². The van der Waals surface area contributed by atoms with E-state index >= 15 is 0 Å². The molecule has 0 saturated heterocycles. The Labute approximate surface area is 166 Å². The Bertz CT molecular complexity index is 1110. The maximum Gasteiger partial charge on any atom is 0.199 e. The molecule has 3 aromatic heterocycles. The molecule has 0 radical (unpaired) electrons. The third-order valence-corrected chi connectivity index (χ3v) is 4.55. The predicted octanol–water partition coefficient (Wildman–Crippen LogP) is 1.98. The number of nitrogen functional groups attached to an aromatic ring is 1. The fraction of sp³-hybridized carbons (Fsp3) is 0.263. The van der Waals surface area contributed by atoms with Crippen molar-refractivity contribution in [2.24, 2.45) is 5.84 Å². The SMILES string of the molecule is CCn1c(-c2nonc2N)nc2c(-c3ccccc3)ncc(OCCCNN)c21. The molecule has 0 aliphatic rings. The van der Waals surface area contributed by atoms with Crippen LogP contribution < -0.4 is 21.7 Å². The Morgan fingerprint density at radius 3 is 2.69 bits per heavy atom. The van der Waals surface area contributed by atoms with Crippen LogP contribution >= 0.6 is 0 Å². The van der Waals surface area contributed by atoms with Gasteiger partial charge in [0, 0.05) is 18.7 Å². The van der Waals surface area contributed by atoms with E-state index in [2.05, 4.69) is 20.7 Å². The lowest BCUT2D eigenvalue weighted by molar-refractivity contribution is 0.309. The van der Waals surface area contributed by atoms with Gasteiger partial charge >= 0.3 is 0 Å². The van der Waals surface area contributed by atoms with Gasteiger partial charge in [0.05, 0.1) is 18.5 Å². The van der Waals surface area contributed by atoms with Crippen LogP contribution in [0, 0.1) is 0 Å². The molecule has 1 aromatic carbocycles. The van der Waals surface area contributed by atoms with Crippen LogP contribution in [0.2, 0.25) is 0 Å². The number of nitrogens with one attached hydrogen (secondary N) is 1. The highest BCUT2D eigenvalue weighted by atomic mass is 16.6. The molecule has 4 aromatic rings. The summed E-state index contributed by atoms with van der Waals surface area (Å²) in [5.41, 5.74) is 12.2. The largest absolute Gasteiger partial charge is 0.490 e. The number of pyridine rings is 1. The van der Waals surface area contributed by atoms with Gasteiger partial charge in [0.15, 0.2) is 23.1 Å². The molecule has 0 aliphatic heterocycles. The minimum absolute atomic E-state index is 0.181. The van der Waals surface area contributed by atoms with E-state index in [1.54, 1.807) is 6.20 Å². The number of hydrazine groups is 1. The van der Waals surface area contributed by atoms with E-state index in [1.807, 2.05) is 41.8 Å². The van der Waals surface area contributed by atoms with Crippen molar-refractivity contribution in [3.63, 3.8) is 0 Å². The maximum atomic E-state index is 6.01. The zero-order valence-corrected chi connectivity index (χ0v) is 16.0. The maximum absolute atomic E-state index is 6.01. The third-order valence-electron chi connectivity index (χ3n) is 4.55. The standard InChI is InChI=1S/C19H22N8O2/c1-2-27-17-13(28-10-6-9-23-21)11-22-14(12-7-4-3-5-8-12)15(17)24-19(27)16-18(20)26-29-25-16/h3-5,7-8,11,23H,2,6,9-10,21H2,1H3,(H2,20,26). The molecule has 150 valence electrons. The van der Waals surface area contributed by atoms with Gasteiger partial charge in [-0.2, -0.15) is 0 Å². The lowest BCUT2D eigenvalue weighted by Crippen LogP contribution is -2.24. The van der Waals surface area contributed by atoms with Crippen LogP contribution in [0.1, 0.15) is 13.3 Å². The smallest absolute Gasteiger partial charge is 0.199 e. The van der Waals surface area contributed by atoms with Crippen molar-refractivity contribution >= 4 is 16.9 Å². The second-order valence-electron chi connectivity index (χ2n) is 6.37. The summed E-state index contributed by atoms with van der Waals surface area (Å²) in [6, 6.07) is 9.87. The highest BCUT2D eigenvalue weighted by Crippen LogP contribution is 2.36. The number of imidazole rings is 1. The lowest BCUT2D eigenvalue weighted by Gasteiger charge is -2.11. The Kier molecular flexibility index (Phi) is 5.36. The number of fused-ring (bicyclic) bond motifs is 1. The van der Waals surface area contributed by atoms with Gasteiger partial charge in [0.2, 0.25) is 0 Å². The molecule has 0 unspecified atom stereocenters. The number of aryl methyl sites for hydroxylation is 1. The highest BCUT2D eigenvalue weighted by molar-refractivity contribution is 5.95. The molecule has 29 heavy (non-hydrogen) atoms. The second-order valence-corrected chi connectivity index (χ2v) is 6.37. The minimum Gasteiger partial charge on any atom is -0.490 e. The number of hydrogen-bond acceptors (Lipinski definition) is 9. The summed E-state index contributed by atoms with van der Waals surface area (Å²) in [5, 5.41) is 7.61. The summed E-state index contributed by atoms with van der Waals surface area (Å²) in [7, 11) is 0. The third kappa shape index (κ3) is 3.50. The first-order valence-corrected chi connectivity index (χ1v) is 9.33. The summed E-state index contributed by atoms with van der Waals surface area (Å²) < 4.78 is 12.8. The first-order chi connectivity index (χ1) is 14.2. The summed E-state index contributed by atoms with van der Waals surface area (Å²) in [6.45, 7) is 3.78. The van der Waals surface area contributed by atoms with Gasteiger partial charge in [-0.3, -0.25) is 11.3 Å². The lowest BCUT2D eigenvalue weighted by atomic mass is 10.1. The van der Waals surface area contributed by atoms with Crippen molar-refractivity contribution < 1.29 is 9.37 Å². The molecule has 4 rings (SSSR count). The Hall–Kier alpha value is -3.50. The predicted molar refractivity (Wildman–Crippen MR) is 109 cm³/mol. The van der Waals surface area contributed by atoms with E-state index in [0.717, 1.165) is 23.2 Å². The molecule has 0 aliphatic carbocycles. The molecule has 0 atom stereocenters. The van der Waals surface area contributed by atoms with Crippen LogP contribution in [0.4, 0.5) is 5.82 Å². The molecule has 0 saturated carbocycles. The average Bonchev–Trinajstić information content (AvgIpc) is 3.35. The Balaban J connectivity index is 1.91. The monoisotopic (exact) mass is 394 g/mol. The fourth-order valence-electron chi connectivity index (χ4n) is 3.22. The normalized spacial score (nSPS) is 11.2. The number of nitrogens with zero attached hydrogens (tertiary/aromatic N) is 5. The van der Waals surface area contributed by atoms with Crippen molar-refractivity contribution in [3.8, 4) is 28.5 Å². The Morgan fingerprint density at radius 2 is 2.00 bits per heavy atom. The highest BCUT2D eigenvalue weighted by Gasteiger charge is 2.23. The van der Waals surface area contributed by atoms with E-state index in [9.17, 15) is 0 Å². The molecule has 5 N–H and O–H groups in total. The summed E-state index contributed by atoms with van der Waals surface area (Å²) in [4.78, 5) is 9.45. The zero-order chi connectivity index (χ0) is 20.2. The van der Waals surface area contributed by atoms with Crippen LogP contribution in [0.15, 0.2) is 41.2 Å². The molecule has 3 heterocycles. The molecule has 0 bridgehead atoms. The number of rotatable bonds is 8. The number of anilines is 1. The van der Waals surface area contributed by atoms with Crippen LogP contribution in [0.5, 0.6) is 5.75 Å². The van der Waals surface area contributed by atoms with Crippen molar-refractivity contribution in [1.82, 2.24) is 30.3 Å². The van der Waals surface area contributed by atoms with Crippen molar-refractivity contribution in [2.75, 3.05) is 18.9 Å². The summed E-state index contributed by atoms with van der Waals surface area (Å²) in [5.74, 6) is 6.70. The van der Waals surface area contributed by atoms with Crippen molar-refractivity contribution in [3.05, 3.63) is 36.5 Å². The number of nitrogens with two attached hydrogens (primary N) is 2. The first-order valence-electron chi connectivity index (χ1n) is 9.33. The van der Waals surface area contributed by atoms with Gasteiger partial charge in [0.25, 0.3) is 0 Å². The van der Waals surface area contributed by atoms with Crippen molar-refractivity contribution in [2.45, 2.75) is 19.9 Å². The minimum atomic E-state index is 0.181. The van der Waals surface area contributed by atoms with Gasteiger partial charge in [-0.05, 0) is 23.7 Å². The van der Waals surface area contributed by atoms with E-state index < -0.39 is 0 Å². The molecule has 0 amide bonds. The molecule has 10 nitrogen and oxygen atoms in total. The molecule has 0 fully saturated rings. The van der Waals surface area contributed by atoms with E-state index in [1.165, 1.54) is 0 Å². The fourth-order valence-corrected chi connectivity index (χ4v) is 3.22. The van der Waals surface area contributed by atoms with Crippen LogP contribution in [0.25, 0.3) is 33.8 Å². The van der Waals surface area contributed by atoms with E-state index in [0.29, 0.717) is 42.5 Å². The quantitative estimate of drug-likeness (QED) is 0.232. The van der Waals surface area contributed by atoms with Gasteiger partial charge in [0.1, 0.15) is 11.0 Å². The van der Waals surface area contributed by atoms with Gasteiger partial charge in [-0.1, -0.05) is 30.3 Å². The number of benzene rings is 1. The van der Waals surface area contributed by atoms with Gasteiger partial charge < -0.3 is 15.0 Å². The van der Waals surface area contributed by atoms with Crippen LogP contribution in [0.3, 0.4) is 0 Å². The molecule has 0 spiro atoms. The number of ether oxygens (including phenoxy) is 1. The number of hydrogen-bond donors (Lipinski definition) is 3. The Morgan fingerprint density at radius 1 is 1.17 bits per heavy atom. The molecular formula is C19H22N8O2. The number of aromatic nitrogens is 5. The average molecular weight is 394 g/mol. The molecule has 10 heteroatoms. The van der Waals surface area contributed by atoms with Gasteiger partial charge in [-0.25, -0.2) is 14.6 Å². The molecular weight excluding hydrogens is 372 g/mol. The van der Waals surface area contributed by atoms with E-state index in [-0.39, 0.29) is 5.82 Å². The van der Waals surface area contributed by atoms with Crippen molar-refractivity contribution in [1.29, 1.82) is 0 Å². The summed E-state index contributed by atoms with van der Waals surface area (Å²) in [6.07, 6.45) is 2.48. The summed E-state index contributed by atoms with van der Waals surface area (Å²) >= 11 is 0. The first kappa shape index (κ1) is 18.8. The van der Waals surface area contributed by atoms with Crippen LogP contribution in [-0.4, -0.2) is 38.0 Å².